The van der Waals surface area contributed by atoms with Crippen LogP contribution in [0.4, 0.5) is 0 Å². The number of hydrogen-bond acceptors (Lipinski definition) is 2. The van der Waals surface area contributed by atoms with Crippen molar-refractivity contribution in [2.45, 2.75) is 44.4 Å². The molecule has 2 saturated heterocycles. The van der Waals surface area contributed by atoms with Crippen molar-refractivity contribution in [1.82, 2.24) is 14.8 Å². The molecule has 0 bridgehead atoms. The van der Waals surface area contributed by atoms with E-state index < -0.39 is 0 Å². The van der Waals surface area contributed by atoms with Crippen molar-refractivity contribution in [1.29, 1.82) is 0 Å². The number of nitrogens with zero attached hydrogens (tertiary/aromatic N) is 2. The topological polar surface area (TPSA) is 56.4 Å². The van der Waals surface area contributed by atoms with Gasteiger partial charge in [-0.3, -0.25) is 9.59 Å². The number of nitrogens with one attached hydrogen (secondary N) is 1. The van der Waals surface area contributed by atoms with Crippen molar-refractivity contribution in [3.63, 3.8) is 0 Å². The van der Waals surface area contributed by atoms with Gasteiger partial charge in [0.2, 0.25) is 11.8 Å². The molecule has 2 aliphatic heterocycles. The zero-order chi connectivity index (χ0) is 17.9. The van der Waals surface area contributed by atoms with Crippen LogP contribution < -0.4 is 0 Å². The van der Waals surface area contributed by atoms with E-state index in [4.69, 9.17) is 0 Å². The maximum atomic E-state index is 12.7. The second-order valence-electron chi connectivity index (χ2n) is 7.57. The van der Waals surface area contributed by atoms with Crippen LogP contribution in [0.25, 0.3) is 10.9 Å². The molecule has 3 heterocycles. The molecule has 2 fully saturated rings. The molecule has 5 heteroatoms. The molecule has 0 radical (unpaired) electrons. The van der Waals surface area contributed by atoms with Crippen LogP contribution >= 0.6 is 0 Å². The number of benzene rings is 1. The number of hydrogen-bond donors (Lipinski definition) is 1. The molecule has 0 saturated carbocycles. The number of piperidine rings is 1. The van der Waals surface area contributed by atoms with Crippen LogP contribution in [-0.2, 0) is 9.59 Å². The number of para-hydroxylation sites is 1. The Hall–Kier alpha value is -2.30. The third kappa shape index (κ3) is 3.48. The van der Waals surface area contributed by atoms with Gasteiger partial charge in [0.1, 0.15) is 0 Å². The van der Waals surface area contributed by atoms with Gasteiger partial charge >= 0.3 is 0 Å². The van der Waals surface area contributed by atoms with Crippen molar-refractivity contribution >= 4 is 22.7 Å². The standard InChI is InChI=1S/C21H27N3O2/c25-20-8-2-1-5-11-24(20)15-21(26)23-12-9-16(10-13-23)18-14-22-19-7-4-3-6-17(18)19/h3-4,6-7,14,16,22H,1-2,5,8-13,15H2. The molecule has 138 valence electrons. The van der Waals surface area contributed by atoms with Crippen molar-refractivity contribution < 1.29 is 9.59 Å². The molecular formula is C21H27N3O2. The normalized spacial score (nSPS) is 19.8. The first-order valence-electron chi connectivity index (χ1n) is 9.84. The summed E-state index contributed by atoms with van der Waals surface area (Å²) in [5.74, 6) is 0.747. The van der Waals surface area contributed by atoms with Gasteiger partial charge in [0.05, 0.1) is 6.54 Å². The summed E-state index contributed by atoms with van der Waals surface area (Å²) in [6.45, 7) is 2.56. The van der Waals surface area contributed by atoms with Gasteiger partial charge in [0.25, 0.3) is 0 Å². The highest BCUT2D eigenvalue weighted by molar-refractivity contribution is 5.85. The van der Waals surface area contributed by atoms with Gasteiger partial charge in [-0.25, -0.2) is 0 Å². The quantitative estimate of drug-likeness (QED) is 0.921. The van der Waals surface area contributed by atoms with E-state index in [2.05, 4.69) is 29.4 Å². The molecule has 0 spiro atoms. The van der Waals surface area contributed by atoms with Gasteiger partial charge in [-0.05, 0) is 43.2 Å². The summed E-state index contributed by atoms with van der Waals surface area (Å²) in [5, 5.41) is 1.30. The molecule has 5 nitrogen and oxygen atoms in total. The Labute approximate surface area is 154 Å². The van der Waals surface area contributed by atoms with E-state index >= 15 is 0 Å². The molecule has 0 aliphatic carbocycles. The minimum Gasteiger partial charge on any atom is -0.361 e. The molecule has 0 atom stereocenters. The zero-order valence-corrected chi connectivity index (χ0v) is 15.2. The monoisotopic (exact) mass is 353 g/mol. The predicted molar refractivity (Wildman–Crippen MR) is 102 cm³/mol. The molecule has 1 aromatic heterocycles. The number of fused-ring (bicyclic) bond motifs is 1. The van der Waals surface area contributed by atoms with E-state index in [0.717, 1.165) is 51.7 Å². The minimum atomic E-state index is 0.109. The molecule has 0 unspecified atom stereocenters. The fraction of sp³-hybridized carbons (Fsp3) is 0.524. The van der Waals surface area contributed by atoms with E-state index in [1.165, 1.54) is 16.5 Å². The van der Waals surface area contributed by atoms with E-state index in [1.54, 1.807) is 4.90 Å². The van der Waals surface area contributed by atoms with Crippen molar-refractivity contribution in [2.75, 3.05) is 26.2 Å². The molecule has 26 heavy (non-hydrogen) atoms. The van der Waals surface area contributed by atoms with Crippen LogP contribution in [0.5, 0.6) is 0 Å². The summed E-state index contributed by atoms with van der Waals surface area (Å²) in [5.41, 5.74) is 2.55. The summed E-state index contributed by atoms with van der Waals surface area (Å²) in [7, 11) is 0. The SMILES string of the molecule is O=C(CN1CCCCCC1=O)N1CCC(c2c[nH]c3ccccc23)CC1. The zero-order valence-electron chi connectivity index (χ0n) is 15.2. The maximum Gasteiger partial charge on any atom is 0.242 e. The Bertz CT molecular complexity index is 789. The van der Waals surface area contributed by atoms with Crippen LogP contribution in [0.15, 0.2) is 30.5 Å². The van der Waals surface area contributed by atoms with E-state index in [9.17, 15) is 9.59 Å². The molecule has 1 N–H and O–H groups in total. The largest absolute Gasteiger partial charge is 0.361 e. The Balaban J connectivity index is 1.35. The molecule has 2 amide bonds. The van der Waals surface area contributed by atoms with Crippen LogP contribution in [-0.4, -0.2) is 52.8 Å². The van der Waals surface area contributed by atoms with Crippen LogP contribution in [0.1, 0.15) is 50.0 Å². The van der Waals surface area contributed by atoms with Gasteiger partial charge in [0.15, 0.2) is 0 Å². The fourth-order valence-corrected chi connectivity index (χ4v) is 4.34. The van der Waals surface area contributed by atoms with Gasteiger partial charge in [-0.2, -0.15) is 0 Å². The highest BCUT2D eigenvalue weighted by atomic mass is 16.2. The molecular weight excluding hydrogens is 326 g/mol. The van der Waals surface area contributed by atoms with Gasteiger partial charge in [0, 0.05) is 43.2 Å². The van der Waals surface area contributed by atoms with Crippen molar-refractivity contribution in [3.05, 3.63) is 36.0 Å². The Morgan fingerprint density at radius 2 is 1.88 bits per heavy atom. The van der Waals surface area contributed by atoms with Gasteiger partial charge in [-0.15, -0.1) is 0 Å². The number of H-pyrrole nitrogens is 1. The smallest absolute Gasteiger partial charge is 0.242 e. The third-order valence-electron chi connectivity index (χ3n) is 5.91. The van der Waals surface area contributed by atoms with E-state index in [-0.39, 0.29) is 18.4 Å². The summed E-state index contributed by atoms with van der Waals surface area (Å²) in [6, 6.07) is 8.41. The molecule has 4 rings (SSSR count). The molecule has 1 aromatic carbocycles. The number of amides is 2. The second-order valence-corrected chi connectivity index (χ2v) is 7.57. The Kier molecular flexibility index (Phi) is 4.96. The summed E-state index contributed by atoms with van der Waals surface area (Å²) < 4.78 is 0. The minimum absolute atomic E-state index is 0.109. The summed E-state index contributed by atoms with van der Waals surface area (Å²) in [4.78, 5) is 31.8. The summed E-state index contributed by atoms with van der Waals surface area (Å²) in [6.07, 6.45) is 7.76. The van der Waals surface area contributed by atoms with Crippen molar-refractivity contribution in [2.24, 2.45) is 0 Å². The fourth-order valence-electron chi connectivity index (χ4n) is 4.34. The predicted octanol–water partition coefficient (Wildman–Crippen LogP) is 3.28. The first-order valence-corrected chi connectivity index (χ1v) is 9.84. The second kappa shape index (κ2) is 7.52. The lowest BCUT2D eigenvalue weighted by atomic mass is 9.89. The number of rotatable bonds is 3. The lowest BCUT2D eigenvalue weighted by Gasteiger charge is -2.33. The number of carbonyl (C=O) groups excluding carboxylic acids is 2. The molecule has 2 aliphatic rings. The first kappa shape index (κ1) is 17.1. The van der Waals surface area contributed by atoms with Crippen LogP contribution in [0.3, 0.4) is 0 Å². The number of carbonyl (C=O) groups is 2. The van der Waals surface area contributed by atoms with E-state index in [0.29, 0.717) is 12.3 Å². The lowest BCUT2D eigenvalue weighted by molar-refractivity contribution is -0.140. The van der Waals surface area contributed by atoms with Gasteiger partial charge in [-0.1, -0.05) is 24.6 Å². The maximum absolute atomic E-state index is 12.7. The number of likely N-dealkylation sites (tertiary alicyclic amines) is 2. The first-order chi connectivity index (χ1) is 12.7. The average Bonchev–Trinajstić information content (AvgIpc) is 3.00. The Morgan fingerprint density at radius 3 is 2.73 bits per heavy atom. The third-order valence-corrected chi connectivity index (χ3v) is 5.91. The highest BCUT2D eigenvalue weighted by Gasteiger charge is 2.27. The number of aromatic nitrogens is 1. The van der Waals surface area contributed by atoms with Crippen molar-refractivity contribution in [3.8, 4) is 0 Å². The number of aromatic amines is 1. The average molecular weight is 353 g/mol. The van der Waals surface area contributed by atoms with Crippen LogP contribution in [0, 0.1) is 0 Å². The van der Waals surface area contributed by atoms with Crippen LogP contribution in [0.2, 0.25) is 0 Å². The summed E-state index contributed by atoms with van der Waals surface area (Å²) >= 11 is 0. The highest BCUT2D eigenvalue weighted by Crippen LogP contribution is 2.33. The van der Waals surface area contributed by atoms with Gasteiger partial charge < -0.3 is 14.8 Å². The van der Waals surface area contributed by atoms with E-state index in [1.807, 2.05) is 11.0 Å². The molecule has 2 aromatic rings. The lowest BCUT2D eigenvalue weighted by Crippen LogP contribution is -2.45. The Morgan fingerprint density at radius 1 is 1.08 bits per heavy atom.